The lowest BCUT2D eigenvalue weighted by atomic mass is 10.1. The molecule has 2 atom stereocenters. The Kier molecular flexibility index (Phi) is 4.45. The van der Waals surface area contributed by atoms with E-state index in [2.05, 4.69) is 5.32 Å². The molecule has 1 aromatic rings. The number of para-hydroxylation sites is 2. The van der Waals surface area contributed by atoms with Crippen LogP contribution in [0.1, 0.15) is 13.3 Å². The molecule has 0 saturated heterocycles. The molecule has 1 amide bonds. The number of ether oxygens (including phenoxy) is 2. The summed E-state index contributed by atoms with van der Waals surface area (Å²) in [5, 5.41) is 11.5. The van der Waals surface area contributed by atoms with Crippen LogP contribution in [-0.4, -0.2) is 36.2 Å². The van der Waals surface area contributed by atoms with Gasteiger partial charge in [0.2, 0.25) is 6.10 Å². The quantitative estimate of drug-likeness (QED) is 0.841. The number of amides is 1. The summed E-state index contributed by atoms with van der Waals surface area (Å²) in [6, 6.07) is 7.10. The lowest BCUT2D eigenvalue weighted by molar-refractivity contribution is -0.142. The number of fused-ring (bicyclic) bond motifs is 1. The van der Waals surface area contributed by atoms with Crippen molar-refractivity contribution in [3.05, 3.63) is 24.3 Å². The Balaban J connectivity index is 1.90. The molecule has 0 bridgehead atoms. The Hall–Kier alpha value is -2.24. The highest BCUT2D eigenvalue weighted by molar-refractivity contribution is 5.82. The molecule has 1 heterocycles. The van der Waals surface area contributed by atoms with Crippen molar-refractivity contribution >= 4 is 11.9 Å². The minimum Gasteiger partial charge on any atom is -0.485 e. The number of carboxylic acids is 1. The first kappa shape index (κ1) is 14.2. The molecule has 0 fully saturated rings. The Morgan fingerprint density at radius 2 is 2.10 bits per heavy atom. The van der Waals surface area contributed by atoms with Crippen molar-refractivity contribution in [1.82, 2.24) is 5.32 Å². The number of aliphatic carboxylic acids is 1. The van der Waals surface area contributed by atoms with Crippen LogP contribution in [0.2, 0.25) is 0 Å². The van der Waals surface area contributed by atoms with Gasteiger partial charge in [0.15, 0.2) is 11.5 Å². The van der Waals surface area contributed by atoms with Gasteiger partial charge in [0.25, 0.3) is 5.91 Å². The lowest BCUT2D eigenvalue weighted by Crippen LogP contribution is -2.46. The molecule has 0 saturated carbocycles. The smallest absolute Gasteiger partial charge is 0.308 e. The molecule has 1 aliphatic rings. The van der Waals surface area contributed by atoms with Gasteiger partial charge in [-0.1, -0.05) is 19.1 Å². The van der Waals surface area contributed by atoms with Gasteiger partial charge in [0.1, 0.15) is 6.61 Å². The van der Waals surface area contributed by atoms with Crippen molar-refractivity contribution in [2.45, 2.75) is 19.4 Å². The lowest BCUT2D eigenvalue weighted by Gasteiger charge is -2.25. The van der Waals surface area contributed by atoms with Crippen molar-refractivity contribution in [2.24, 2.45) is 5.92 Å². The summed E-state index contributed by atoms with van der Waals surface area (Å²) in [7, 11) is 0. The minimum atomic E-state index is -0.918. The highest BCUT2D eigenvalue weighted by Gasteiger charge is 2.28. The molecule has 1 aliphatic heterocycles. The van der Waals surface area contributed by atoms with E-state index in [0.717, 1.165) is 0 Å². The van der Waals surface area contributed by atoms with Crippen LogP contribution in [0.4, 0.5) is 0 Å². The van der Waals surface area contributed by atoms with Crippen LogP contribution < -0.4 is 14.8 Å². The third-order valence-corrected chi connectivity index (χ3v) is 3.17. The summed E-state index contributed by atoms with van der Waals surface area (Å²) in [5.74, 6) is -0.744. The van der Waals surface area contributed by atoms with Crippen LogP contribution in [0.25, 0.3) is 0 Å². The van der Waals surface area contributed by atoms with Crippen molar-refractivity contribution < 1.29 is 24.2 Å². The molecular weight excluding hydrogens is 262 g/mol. The van der Waals surface area contributed by atoms with Gasteiger partial charge in [-0.05, 0) is 18.6 Å². The van der Waals surface area contributed by atoms with E-state index in [-0.39, 0.29) is 19.1 Å². The van der Waals surface area contributed by atoms with Gasteiger partial charge in [0, 0.05) is 6.54 Å². The number of carboxylic acid groups (broad SMARTS) is 1. The topological polar surface area (TPSA) is 84.9 Å². The second-order valence-corrected chi connectivity index (χ2v) is 4.55. The number of carbonyl (C=O) groups is 2. The van der Waals surface area contributed by atoms with Gasteiger partial charge in [-0.2, -0.15) is 0 Å². The number of benzene rings is 1. The number of hydrogen-bond acceptors (Lipinski definition) is 4. The van der Waals surface area contributed by atoms with E-state index >= 15 is 0 Å². The molecular formula is C14H17NO5. The molecule has 108 valence electrons. The fourth-order valence-electron chi connectivity index (χ4n) is 1.89. The maximum atomic E-state index is 11.9. The van der Waals surface area contributed by atoms with Gasteiger partial charge in [0.05, 0.1) is 5.92 Å². The molecule has 6 heteroatoms. The molecule has 6 nitrogen and oxygen atoms in total. The first-order valence-electron chi connectivity index (χ1n) is 6.50. The van der Waals surface area contributed by atoms with Crippen molar-refractivity contribution in [3.63, 3.8) is 0 Å². The number of rotatable bonds is 5. The Morgan fingerprint density at radius 3 is 2.75 bits per heavy atom. The molecule has 0 aromatic heterocycles. The summed E-state index contributed by atoms with van der Waals surface area (Å²) in [4.78, 5) is 22.8. The average Bonchev–Trinajstić information content (AvgIpc) is 2.46. The highest BCUT2D eigenvalue weighted by atomic mass is 16.6. The summed E-state index contributed by atoms with van der Waals surface area (Å²) in [6.45, 7) is 1.97. The number of hydrogen-bond donors (Lipinski definition) is 2. The molecule has 2 unspecified atom stereocenters. The van der Waals surface area contributed by atoms with E-state index in [0.29, 0.717) is 17.9 Å². The molecule has 0 aliphatic carbocycles. The molecule has 0 radical (unpaired) electrons. The van der Waals surface area contributed by atoms with Gasteiger partial charge in [-0.15, -0.1) is 0 Å². The van der Waals surface area contributed by atoms with Crippen molar-refractivity contribution in [1.29, 1.82) is 0 Å². The molecule has 2 N–H and O–H groups in total. The maximum Gasteiger partial charge on any atom is 0.308 e. The molecule has 0 spiro atoms. The predicted octanol–water partition coefficient (Wildman–Crippen LogP) is 1.05. The Labute approximate surface area is 116 Å². The molecule has 2 rings (SSSR count). The van der Waals surface area contributed by atoms with E-state index < -0.39 is 18.0 Å². The normalized spacial score (nSPS) is 18.1. The maximum absolute atomic E-state index is 11.9. The molecule has 20 heavy (non-hydrogen) atoms. The van der Waals surface area contributed by atoms with E-state index in [1.54, 1.807) is 25.1 Å². The second kappa shape index (κ2) is 6.27. The summed E-state index contributed by atoms with van der Waals surface area (Å²) in [6.07, 6.45) is -0.295. The van der Waals surface area contributed by atoms with Gasteiger partial charge < -0.3 is 19.9 Å². The zero-order valence-corrected chi connectivity index (χ0v) is 11.2. The Bertz CT molecular complexity index is 502. The monoisotopic (exact) mass is 279 g/mol. The van der Waals surface area contributed by atoms with Crippen molar-refractivity contribution in [2.75, 3.05) is 13.2 Å². The van der Waals surface area contributed by atoms with Crippen LogP contribution in [0.3, 0.4) is 0 Å². The van der Waals surface area contributed by atoms with Crippen LogP contribution in [0, 0.1) is 5.92 Å². The van der Waals surface area contributed by atoms with Crippen LogP contribution in [-0.2, 0) is 9.59 Å². The van der Waals surface area contributed by atoms with Crippen LogP contribution in [0.5, 0.6) is 11.5 Å². The van der Waals surface area contributed by atoms with E-state index in [9.17, 15) is 9.59 Å². The first-order chi connectivity index (χ1) is 9.61. The van der Waals surface area contributed by atoms with E-state index in [4.69, 9.17) is 14.6 Å². The third-order valence-electron chi connectivity index (χ3n) is 3.17. The largest absolute Gasteiger partial charge is 0.485 e. The van der Waals surface area contributed by atoms with Crippen molar-refractivity contribution in [3.8, 4) is 11.5 Å². The van der Waals surface area contributed by atoms with E-state index in [1.165, 1.54) is 0 Å². The predicted molar refractivity (Wildman–Crippen MR) is 70.8 cm³/mol. The van der Waals surface area contributed by atoms with Gasteiger partial charge in [-0.25, -0.2) is 0 Å². The van der Waals surface area contributed by atoms with Crippen LogP contribution in [0.15, 0.2) is 24.3 Å². The van der Waals surface area contributed by atoms with Gasteiger partial charge >= 0.3 is 5.97 Å². The first-order valence-corrected chi connectivity index (χ1v) is 6.50. The second-order valence-electron chi connectivity index (χ2n) is 4.55. The number of nitrogens with one attached hydrogen (secondary N) is 1. The Morgan fingerprint density at radius 1 is 1.40 bits per heavy atom. The van der Waals surface area contributed by atoms with Crippen LogP contribution >= 0.6 is 0 Å². The fraction of sp³-hybridized carbons (Fsp3) is 0.429. The average molecular weight is 279 g/mol. The number of carbonyl (C=O) groups excluding carboxylic acids is 1. The summed E-state index contributed by atoms with van der Waals surface area (Å²) in [5.41, 5.74) is 0. The SMILES string of the molecule is CCC(CNC(=O)C1COc2ccccc2O1)C(=O)O. The molecule has 1 aromatic carbocycles. The summed E-state index contributed by atoms with van der Waals surface area (Å²) < 4.78 is 11.0. The standard InChI is InChI=1S/C14H17NO5/c1-2-9(14(17)18)7-15-13(16)12-8-19-10-5-3-4-6-11(10)20-12/h3-6,9,12H,2,7-8H2,1H3,(H,15,16)(H,17,18). The third kappa shape index (κ3) is 3.20. The summed E-state index contributed by atoms with van der Waals surface area (Å²) >= 11 is 0. The highest BCUT2D eigenvalue weighted by Crippen LogP contribution is 2.30. The van der Waals surface area contributed by atoms with E-state index in [1.807, 2.05) is 6.07 Å². The zero-order valence-electron chi connectivity index (χ0n) is 11.2. The minimum absolute atomic E-state index is 0.0895. The zero-order chi connectivity index (χ0) is 14.5. The van der Waals surface area contributed by atoms with Gasteiger partial charge in [-0.3, -0.25) is 9.59 Å². The fourth-order valence-corrected chi connectivity index (χ4v) is 1.89.